The average molecular weight is 451 g/mol. The van der Waals surface area contributed by atoms with Gasteiger partial charge in [-0.25, -0.2) is 4.39 Å². The Balaban J connectivity index is 1.29. The minimum Gasteiger partial charge on any atom is -0.484 e. The van der Waals surface area contributed by atoms with Crippen LogP contribution in [0.25, 0.3) is 0 Å². The van der Waals surface area contributed by atoms with Crippen molar-refractivity contribution in [1.82, 2.24) is 10.6 Å². The molecule has 3 fully saturated rings. The van der Waals surface area contributed by atoms with Crippen LogP contribution in [0.5, 0.6) is 5.75 Å². The highest BCUT2D eigenvalue weighted by atomic mass is 35.5. The lowest BCUT2D eigenvalue weighted by Crippen LogP contribution is -2.60. The third-order valence-electron chi connectivity index (χ3n) is 5.89. The number of hydrogen-bond donors (Lipinski definition) is 2. The van der Waals surface area contributed by atoms with E-state index in [9.17, 15) is 14.0 Å². The van der Waals surface area contributed by atoms with Crippen LogP contribution in [-0.4, -0.2) is 30.5 Å². The molecular formula is C22H21Cl2FN2O3. The minimum absolute atomic E-state index is 0.000217. The molecule has 0 saturated heterocycles. The maximum absolute atomic E-state index is 13.5. The molecule has 2 N–H and O–H groups in total. The molecule has 2 aromatic carbocycles. The zero-order valence-corrected chi connectivity index (χ0v) is 17.5. The number of nitrogens with one attached hydrogen (secondary N) is 2. The number of amides is 2. The van der Waals surface area contributed by atoms with Gasteiger partial charge in [0.1, 0.15) is 11.6 Å². The van der Waals surface area contributed by atoms with E-state index in [4.69, 9.17) is 27.9 Å². The van der Waals surface area contributed by atoms with Crippen LogP contribution in [0.3, 0.4) is 0 Å². The van der Waals surface area contributed by atoms with Gasteiger partial charge in [-0.05, 0) is 67.5 Å². The van der Waals surface area contributed by atoms with Crippen molar-refractivity contribution < 1.29 is 18.7 Å². The maximum Gasteiger partial charge on any atom is 0.258 e. The van der Waals surface area contributed by atoms with Crippen LogP contribution in [0.4, 0.5) is 4.39 Å². The van der Waals surface area contributed by atoms with Gasteiger partial charge >= 0.3 is 0 Å². The van der Waals surface area contributed by atoms with Crippen molar-refractivity contribution in [2.24, 2.45) is 11.8 Å². The summed E-state index contributed by atoms with van der Waals surface area (Å²) in [6, 6.07) is 10.8. The van der Waals surface area contributed by atoms with Crippen molar-refractivity contribution >= 4 is 35.0 Å². The summed E-state index contributed by atoms with van der Waals surface area (Å²) in [6.45, 7) is -0.213. The Labute approximate surface area is 183 Å². The Kier molecular flexibility index (Phi) is 6.16. The number of rotatable bonds is 6. The number of carbonyl (C=O) groups excluding carboxylic acids is 2. The number of benzene rings is 2. The molecule has 158 valence electrons. The molecule has 3 saturated carbocycles. The summed E-state index contributed by atoms with van der Waals surface area (Å²) in [6.07, 6.45) is 2.62. The monoisotopic (exact) mass is 450 g/mol. The molecule has 3 aliphatic rings. The van der Waals surface area contributed by atoms with Gasteiger partial charge in [-0.15, -0.1) is 0 Å². The topological polar surface area (TPSA) is 67.4 Å². The van der Waals surface area contributed by atoms with Gasteiger partial charge in [0.05, 0.1) is 5.02 Å². The molecule has 0 spiro atoms. The fraction of sp³-hybridized carbons (Fsp3) is 0.364. The minimum atomic E-state index is -0.596. The van der Waals surface area contributed by atoms with Crippen LogP contribution in [0.2, 0.25) is 10.0 Å². The van der Waals surface area contributed by atoms with Crippen molar-refractivity contribution in [1.29, 1.82) is 0 Å². The van der Waals surface area contributed by atoms with Crippen molar-refractivity contribution in [3.8, 4) is 5.75 Å². The van der Waals surface area contributed by atoms with Crippen LogP contribution in [0, 0.1) is 17.7 Å². The predicted molar refractivity (Wildman–Crippen MR) is 112 cm³/mol. The second-order valence-corrected chi connectivity index (χ2v) is 8.70. The van der Waals surface area contributed by atoms with Gasteiger partial charge in [0, 0.05) is 28.7 Å². The third kappa shape index (κ3) is 4.71. The Morgan fingerprint density at radius 2 is 1.63 bits per heavy atom. The molecule has 30 heavy (non-hydrogen) atoms. The lowest BCUT2D eigenvalue weighted by atomic mass is 9.60. The summed E-state index contributed by atoms with van der Waals surface area (Å²) in [5, 5.41) is 6.68. The van der Waals surface area contributed by atoms with E-state index in [1.54, 1.807) is 24.3 Å². The zero-order valence-electron chi connectivity index (χ0n) is 16.0. The van der Waals surface area contributed by atoms with Crippen molar-refractivity contribution in [3.05, 3.63) is 63.9 Å². The molecule has 0 radical (unpaired) electrons. The molecule has 0 aliphatic heterocycles. The van der Waals surface area contributed by atoms with Gasteiger partial charge in [-0.1, -0.05) is 23.2 Å². The van der Waals surface area contributed by atoms with Crippen LogP contribution in [-0.2, 0) is 4.79 Å². The number of hydrogen-bond acceptors (Lipinski definition) is 3. The molecule has 0 heterocycles. The Morgan fingerprint density at radius 1 is 0.967 bits per heavy atom. The molecule has 2 aromatic rings. The first-order valence-electron chi connectivity index (χ1n) is 9.82. The van der Waals surface area contributed by atoms with Gasteiger partial charge in [-0.2, -0.15) is 0 Å². The van der Waals surface area contributed by atoms with E-state index in [1.807, 2.05) is 0 Å². The first-order chi connectivity index (χ1) is 14.4. The van der Waals surface area contributed by atoms with Gasteiger partial charge < -0.3 is 15.4 Å². The van der Waals surface area contributed by atoms with Crippen LogP contribution >= 0.6 is 23.2 Å². The molecule has 0 aromatic heterocycles. The molecule has 5 rings (SSSR count). The van der Waals surface area contributed by atoms with Gasteiger partial charge in [0.2, 0.25) is 0 Å². The second-order valence-electron chi connectivity index (χ2n) is 7.85. The van der Waals surface area contributed by atoms with E-state index >= 15 is 0 Å². The van der Waals surface area contributed by atoms with E-state index in [0.717, 1.165) is 18.9 Å². The summed E-state index contributed by atoms with van der Waals surface area (Å²) in [4.78, 5) is 24.9. The number of fused-ring (bicyclic) bond motifs is 2. The third-order valence-corrected chi connectivity index (χ3v) is 6.45. The Morgan fingerprint density at radius 3 is 2.30 bits per heavy atom. The second kappa shape index (κ2) is 8.82. The summed E-state index contributed by atoms with van der Waals surface area (Å²) >= 11 is 11.5. The molecule has 2 atom stereocenters. The predicted octanol–water partition coefficient (Wildman–Crippen LogP) is 4.22. The maximum atomic E-state index is 13.5. The summed E-state index contributed by atoms with van der Waals surface area (Å²) in [5.74, 6) is 0.0844. The fourth-order valence-electron chi connectivity index (χ4n) is 4.19. The standard InChI is InChI=1S/C22H21Cl2FN2O3/c23-15-3-1-12(2-4-15)22(29)27-20-10-19(13-7-14(20)8-13)26-21(28)11-30-16-5-6-17(24)18(25)9-16/h1-6,9,13-14,19-20H,7-8,10-11H2,(H,26,28)(H,27,29)/t13?,14?,19-,20+/m1/s1. The van der Waals surface area contributed by atoms with Crippen LogP contribution in [0.1, 0.15) is 29.6 Å². The molecule has 2 amide bonds. The molecule has 8 heteroatoms. The first kappa shape index (κ1) is 20.9. The number of ether oxygens (including phenoxy) is 1. The first-order valence-corrected chi connectivity index (χ1v) is 10.6. The molecule has 3 aliphatic carbocycles. The highest BCUT2D eigenvalue weighted by Crippen LogP contribution is 2.45. The van der Waals surface area contributed by atoms with E-state index in [-0.39, 0.29) is 41.3 Å². The lowest BCUT2D eigenvalue weighted by molar-refractivity contribution is -0.125. The van der Waals surface area contributed by atoms with Crippen molar-refractivity contribution in [2.75, 3.05) is 6.61 Å². The smallest absolute Gasteiger partial charge is 0.258 e. The zero-order chi connectivity index (χ0) is 21.3. The quantitative estimate of drug-likeness (QED) is 0.691. The van der Waals surface area contributed by atoms with E-state index < -0.39 is 5.82 Å². The van der Waals surface area contributed by atoms with Gasteiger partial charge in [0.25, 0.3) is 11.8 Å². The summed E-state index contributed by atoms with van der Waals surface area (Å²) < 4.78 is 18.8. The summed E-state index contributed by atoms with van der Waals surface area (Å²) in [7, 11) is 0. The van der Waals surface area contributed by atoms with Gasteiger partial charge in [-0.3, -0.25) is 9.59 Å². The highest BCUT2D eigenvalue weighted by Gasteiger charge is 2.46. The number of carbonyl (C=O) groups is 2. The van der Waals surface area contributed by atoms with Crippen LogP contribution < -0.4 is 15.4 Å². The normalized spacial score (nSPS) is 24.5. The lowest BCUT2D eigenvalue weighted by Gasteiger charge is -2.51. The average Bonchev–Trinajstić information content (AvgIpc) is 2.68. The van der Waals surface area contributed by atoms with Gasteiger partial charge in [0.15, 0.2) is 6.61 Å². The fourth-order valence-corrected chi connectivity index (χ4v) is 4.44. The van der Waals surface area contributed by atoms with Crippen LogP contribution in [0.15, 0.2) is 42.5 Å². The summed E-state index contributed by atoms with van der Waals surface area (Å²) in [5.41, 5.74) is 0.560. The molecule has 5 nitrogen and oxygen atoms in total. The Hall–Kier alpha value is -2.31. The van der Waals surface area contributed by atoms with Crippen molar-refractivity contribution in [3.63, 3.8) is 0 Å². The molecule has 2 bridgehead atoms. The molecular weight excluding hydrogens is 430 g/mol. The SMILES string of the molecule is O=C(COc1ccc(Cl)c(F)c1)N[C@@H]1C[C@H](NC(=O)c2ccc(Cl)cc2)C2CC1C2. The largest absolute Gasteiger partial charge is 0.484 e. The molecule has 0 unspecified atom stereocenters. The van der Waals surface area contributed by atoms with Crippen molar-refractivity contribution in [2.45, 2.75) is 31.3 Å². The van der Waals surface area contributed by atoms with E-state index in [2.05, 4.69) is 10.6 Å². The highest BCUT2D eigenvalue weighted by molar-refractivity contribution is 6.31. The Bertz CT molecular complexity index is 948. The van der Waals surface area contributed by atoms with E-state index in [0.29, 0.717) is 28.8 Å². The number of halogens is 3. The van der Waals surface area contributed by atoms with E-state index in [1.165, 1.54) is 12.1 Å².